The van der Waals surface area contributed by atoms with E-state index in [0.29, 0.717) is 0 Å². The van der Waals surface area contributed by atoms with Crippen LogP contribution >= 0.6 is 0 Å². The maximum Gasteiger partial charge on any atom is -0.0195 e. The predicted octanol–water partition coefficient (Wildman–Crippen LogP) is 3.82. The minimum absolute atomic E-state index is 1.05. The Kier molecular flexibility index (Phi) is 33.5. The van der Waals surface area contributed by atoms with Crippen LogP contribution < -0.4 is 5.73 Å². The Labute approximate surface area is 79.7 Å². The summed E-state index contributed by atoms with van der Waals surface area (Å²) in [4.78, 5) is 0. The lowest BCUT2D eigenvalue weighted by Crippen LogP contribution is -1.78. The van der Waals surface area contributed by atoms with E-state index in [9.17, 15) is 0 Å². The van der Waals surface area contributed by atoms with Gasteiger partial charge in [0.25, 0.3) is 0 Å². The Bertz CT molecular complexity index is 38.3. The average molecular weight is 175 g/mol. The molecule has 0 aromatic rings. The second-order valence-corrected chi connectivity index (χ2v) is 2.39. The second kappa shape index (κ2) is 22.4. The van der Waals surface area contributed by atoms with E-state index < -0.39 is 0 Å². The Morgan fingerprint density at radius 1 is 0.833 bits per heavy atom. The van der Waals surface area contributed by atoms with Crippen LogP contribution in [0.15, 0.2) is 0 Å². The summed E-state index contributed by atoms with van der Waals surface area (Å²) in [5, 5.41) is 0. The van der Waals surface area contributed by atoms with Gasteiger partial charge in [-0.25, -0.2) is 0 Å². The van der Waals surface area contributed by atoms with E-state index in [-0.39, 0.29) is 0 Å². The van der Waals surface area contributed by atoms with Gasteiger partial charge in [0.15, 0.2) is 0 Å². The Hall–Kier alpha value is -0.0400. The quantitative estimate of drug-likeness (QED) is 0.595. The first-order valence-electron chi connectivity index (χ1n) is 5.47. The van der Waals surface area contributed by atoms with E-state index in [0.717, 1.165) is 5.92 Å². The van der Waals surface area contributed by atoms with Crippen molar-refractivity contribution < 1.29 is 0 Å². The zero-order valence-electron chi connectivity index (χ0n) is 9.98. The van der Waals surface area contributed by atoms with E-state index in [1.807, 2.05) is 27.7 Å². The van der Waals surface area contributed by atoms with Crippen molar-refractivity contribution in [1.82, 2.24) is 0 Å². The first-order chi connectivity index (χ1) is 5.89. The van der Waals surface area contributed by atoms with E-state index in [2.05, 4.69) is 12.7 Å². The molecule has 1 heteroatoms. The molecule has 1 nitrogen and oxygen atoms in total. The van der Waals surface area contributed by atoms with Crippen LogP contribution in [0.1, 0.15) is 60.3 Å². The molecule has 12 heavy (non-hydrogen) atoms. The molecule has 0 radical (unpaired) electrons. The molecular formula is C11H29N. The molecule has 0 bridgehead atoms. The number of hydrogen-bond acceptors (Lipinski definition) is 1. The summed E-state index contributed by atoms with van der Waals surface area (Å²) in [5.74, 6) is 1.05. The minimum Gasteiger partial charge on any atom is -0.333 e. The van der Waals surface area contributed by atoms with Gasteiger partial charge >= 0.3 is 0 Å². The van der Waals surface area contributed by atoms with Crippen LogP contribution in [0, 0.1) is 5.92 Å². The van der Waals surface area contributed by atoms with Crippen molar-refractivity contribution in [1.29, 1.82) is 0 Å². The molecular weight excluding hydrogens is 146 g/mol. The fourth-order valence-corrected chi connectivity index (χ4v) is 1.13. The van der Waals surface area contributed by atoms with Gasteiger partial charge in [0.2, 0.25) is 0 Å². The normalized spacial score (nSPS) is 14.2. The largest absolute Gasteiger partial charge is 0.333 e. The van der Waals surface area contributed by atoms with Gasteiger partial charge in [-0.3, -0.25) is 0 Å². The highest BCUT2D eigenvalue weighted by molar-refractivity contribution is 4.60. The van der Waals surface area contributed by atoms with Gasteiger partial charge in [0, 0.05) is 0 Å². The van der Waals surface area contributed by atoms with E-state index in [4.69, 9.17) is 0 Å². The lowest BCUT2D eigenvalue weighted by atomic mass is 10.2. The molecule has 1 saturated carbocycles. The van der Waals surface area contributed by atoms with E-state index in [1.54, 1.807) is 0 Å². The molecule has 0 amide bonds. The molecule has 0 aliphatic heterocycles. The maximum atomic E-state index is 4.50. The van der Waals surface area contributed by atoms with E-state index in [1.165, 1.54) is 32.7 Å². The zero-order valence-corrected chi connectivity index (χ0v) is 9.98. The number of nitrogens with two attached hydrogens (primary N) is 1. The highest BCUT2D eigenvalue weighted by atomic mass is 14.4. The van der Waals surface area contributed by atoms with E-state index >= 15 is 0 Å². The summed E-state index contributed by atoms with van der Waals surface area (Å²) in [6.07, 6.45) is 5.95. The summed E-state index contributed by atoms with van der Waals surface area (Å²) in [7, 11) is 1.50. The molecule has 0 aromatic carbocycles. The van der Waals surface area contributed by atoms with Gasteiger partial charge in [0.1, 0.15) is 0 Å². The lowest BCUT2D eigenvalue weighted by Gasteiger charge is -1.91. The summed E-state index contributed by atoms with van der Waals surface area (Å²) in [6.45, 7) is 10.3. The molecule has 0 spiro atoms. The monoisotopic (exact) mass is 175 g/mol. The van der Waals surface area contributed by atoms with Gasteiger partial charge in [-0.05, 0) is 13.0 Å². The Morgan fingerprint density at radius 3 is 1.17 bits per heavy atom. The predicted molar refractivity (Wildman–Crippen MR) is 60.4 cm³/mol. The topological polar surface area (TPSA) is 26.0 Å². The second-order valence-electron chi connectivity index (χ2n) is 2.39. The average Bonchev–Trinajstić information content (AvgIpc) is 2.66. The van der Waals surface area contributed by atoms with Crippen molar-refractivity contribution in [3.8, 4) is 0 Å². The molecule has 1 fully saturated rings. The van der Waals surface area contributed by atoms with Crippen LogP contribution in [0.5, 0.6) is 0 Å². The third-order valence-electron chi connectivity index (χ3n) is 1.64. The fourth-order valence-electron chi connectivity index (χ4n) is 1.13. The van der Waals surface area contributed by atoms with Gasteiger partial charge in [-0.1, -0.05) is 60.3 Å². The third kappa shape index (κ3) is 16.5. The summed E-state index contributed by atoms with van der Waals surface area (Å²) in [6, 6.07) is 0. The van der Waals surface area contributed by atoms with Crippen molar-refractivity contribution in [2.24, 2.45) is 11.7 Å². The molecule has 0 heterocycles. The Balaban J connectivity index is -0.000000117. The maximum absolute atomic E-state index is 4.50. The standard InChI is InChI=1S/C6H12.2C2H6.CH5N/c1-6-4-2-3-5-6;3*1-2/h6H,2-5H2,1H3;2*1-2H3;2H2,1H3. The molecule has 1 aliphatic rings. The number of hydrogen-bond donors (Lipinski definition) is 1. The summed E-state index contributed by atoms with van der Waals surface area (Å²) < 4.78 is 0. The highest BCUT2D eigenvalue weighted by Gasteiger charge is 2.07. The molecule has 78 valence electrons. The molecule has 0 atom stereocenters. The fraction of sp³-hybridized carbons (Fsp3) is 1.00. The summed E-state index contributed by atoms with van der Waals surface area (Å²) >= 11 is 0. The van der Waals surface area contributed by atoms with Crippen LogP contribution in [0.4, 0.5) is 0 Å². The van der Waals surface area contributed by atoms with Gasteiger partial charge < -0.3 is 5.73 Å². The smallest absolute Gasteiger partial charge is 0.0195 e. The summed E-state index contributed by atoms with van der Waals surface area (Å²) in [5.41, 5.74) is 4.50. The van der Waals surface area contributed by atoms with Gasteiger partial charge in [0.05, 0.1) is 0 Å². The van der Waals surface area contributed by atoms with Crippen molar-refractivity contribution in [3.63, 3.8) is 0 Å². The Morgan fingerprint density at radius 2 is 1.08 bits per heavy atom. The van der Waals surface area contributed by atoms with Gasteiger partial charge in [-0.15, -0.1) is 0 Å². The highest BCUT2D eigenvalue weighted by Crippen LogP contribution is 2.22. The molecule has 1 rings (SSSR count). The lowest BCUT2D eigenvalue weighted by molar-refractivity contribution is 0.612. The van der Waals surface area contributed by atoms with Crippen LogP contribution in [0.2, 0.25) is 0 Å². The van der Waals surface area contributed by atoms with Crippen molar-refractivity contribution in [2.45, 2.75) is 60.3 Å². The van der Waals surface area contributed by atoms with Crippen LogP contribution in [0.25, 0.3) is 0 Å². The van der Waals surface area contributed by atoms with Crippen LogP contribution in [-0.2, 0) is 0 Å². The van der Waals surface area contributed by atoms with Gasteiger partial charge in [-0.2, -0.15) is 0 Å². The minimum atomic E-state index is 1.05. The van der Waals surface area contributed by atoms with Crippen LogP contribution in [-0.4, -0.2) is 7.05 Å². The molecule has 2 N–H and O–H groups in total. The van der Waals surface area contributed by atoms with Crippen molar-refractivity contribution >= 4 is 0 Å². The SMILES string of the molecule is CC.CC.CC1CCCC1.CN. The molecule has 0 saturated heterocycles. The number of rotatable bonds is 0. The molecule has 0 unspecified atom stereocenters. The molecule has 0 aromatic heterocycles. The molecule has 1 aliphatic carbocycles. The first-order valence-corrected chi connectivity index (χ1v) is 5.47. The van der Waals surface area contributed by atoms with Crippen LogP contribution in [0.3, 0.4) is 0 Å². The van der Waals surface area contributed by atoms with Crippen molar-refractivity contribution in [2.75, 3.05) is 7.05 Å². The zero-order chi connectivity index (χ0) is 10.4. The van der Waals surface area contributed by atoms with Crippen molar-refractivity contribution in [3.05, 3.63) is 0 Å². The first kappa shape index (κ1) is 17.9. The third-order valence-corrected chi connectivity index (χ3v) is 1.64.